The molecule has 2 aromatic carbocycles. The summed E-state index contributed by atoms with van der Waals surface area (Å²) in [5.41, 5.74) is 2.34. The van der Waals surface area contributed by atoms with Gasteiger partial charge in [-0.2, -0.15) is 4.98 Å². The minimum Gasteiger partial charge on any atom is -0.468 e. The van der Waals surface area contributed by atoms with Crippen LogP contribution in [-0.2, 0) is 20.4 Å². The molecule has 1 fully saturated rings. The van der Waals surface area contributed by atoms with Gasteiger partial charge in [0.15, 0.2) is 0 Å². The molecular weight excluding hydrogens is 430 g/mol. The number of amides is 1. The second-order valence-corrected chi connectivity index (χ2v) is 9.92. The number of methoxy groups -OCH3 is 1. The van der Waals surface area contributed by atoms with E-state index < -0.39 is 5.41 Å². The second kappa shape index (κ2) is 9.41. The van der Waals surface area contributed by atoms with Crippen LogP contribution >= 0.6 is 0 Å². The molecular formula is C27H31N3O4. The first kappa shape index (κ1) is 23.7. The lowest BCUT2D eigenvalue weighted by molar-refractivity contribution is -0.150. The molecule has 0 spiro atoms. The van der Waals surface area contributed by atoms with E-state index in [1.807, 2.05) is 36.4 Å². The third kappa shape index (κ3) is 4.74. The van der Waals surface area contributed by atoms with Gasteiger partial charge in [0.1, 0.15) is 5.41 Å². The summed E-state index contributed by atoms with van der Waals surface area (Å²) in [6, 6.07) is 14.9. The number of esters is 1. The SMILES string of the molecule is COC(=O)C1(c2nc(-c3ccc(NC(=O)c4ccc(C(C)(C)C)cc4)cc3)no2)CCCCC1. The Kier molecular flexibility index (Phi) is 6.55. The smallest absolute Gasteiger partial charge is 0.321 e. The van der Waals surface area contributed by atoms with E-state index in [1.165, 1.54) is 12.7 Å². The number of nitrogens with zero attached hydrogens (tertiary/aromatic N) is 2. The number of ether oxygens (including phenoxy) is 1. The molecule has 1 saturated carbocycles. The van der Waals surface area contributed by atoms with Crippen LogP contribution in [0.25, 0.3) is 11.4 Å². The van der Waals surface area contributed by atoms with Crippen molar-refractivity contribution in [1.82, 2.24) is 10.1 Å². The van der Waals surface area contributed by atoms with Crippen LogP contribution in [0.5, 0.6) is 0 Å². The van der Waals surface area contributed by atoms with Crippen molar-refractivity contribution in [1.29, 1.82) is 0 Å². The van der Waals surface area contributed by atoms with Gasteiger partial charge in [-0.15, -0.1) is 0 Å². The topological polar surface area (TPSA) is 94.3 Å². The van der Waals surface area contributed by atoms with E-state index >= 15 is 0 Å². The predicted octanol–water partition coefficient (Wildman–Crippen LogP) is 5.66. The summed E-state index contributed by atoms with van der Waals surface area (Å²) in [7, 11) is 1.39. The lowest BCUT2D eigenvalue weighted by atomic mass is 9.74. The van der Waals surface area contributed by atoms with E-state index in [4.69, 9.17) is 9.26 Å². The van der Waals surface area contributed by atoms with E-state index in [0.29, 0.717) is 35.8 Å². The van der Waals surface area contributed by atoms with Crippen LogP contribution in [0.15, 0.2) is 53.1 Å². The molecule has 0 bridgehead atoms. The lowest BCUT2D eigenvalue weighted by Gasteiger charge is -2.30. The minimum atomic E-state index is -0.866. The Morgan fingerprint density at radius 3 is 2.21 bits per heavy atom. The first-order valence-electron chi connectivity index (χ1n) is 11.7. The number of benzene rings is 2. The maximum atomic E-state index is 12.6. The van der Waals surface area contributed by atoms with Gasteiger partial charge in [-0.05, 0) is 60.2 Å². The van der Waals surface area contributed by atoms with Crippen molar-refractivity contribution in [2.45, 2.75) is 63.7 Å². The van der Waals surface area contributed by atoms with Crippen LogP contribution in [-0.4, -0.2) is 29.1 Å². The van der Waals surface area contributed by atoms with Gasteiger partial charge in [-0.1, -0.05) is 57.3 Å². The summed E-state index contributed by atoms with van der Waals surface area (Å²) in [6.45, 7) is 6.42. The van der Waals surface area contributed by atoms with Crippen molar-refractivity contribution in [3.63, 3.8) is 0 Å². The normalized spacial score (nSPS) is 15.5. The van der Waals surface area contributed by atoms with E-state index in [0.717, 1.165) is 24.8 Å². The molecule has 1 heterocycles. The quantitative estimate of drug-likeness (QED) is 0.493. The van der Waals surface area contributed by atoms with Crippen molar-refractivity contribution in [3.05, 3.63) is 65.5 Å². The van der Waals surface area contributed by atoms with Gasteiger partial charge in [0.2, 0.25) is 11.7 Å². The Labute approximate surface area is 199 Å². The molecule has 1 aliphatic rings. The number of rotatable bonds is 5. The van der Waals surface area contributed by atoms with Gasteiger partial charge in [-0.25, -0.2) is 0 Å². The number of nitrogens with one attached hydrogen (secondary N) is 1. The zero-order chi connectivity index (χ0) is 24.3. The summed E-state index contributed by atoms with van der Waals surface area (Å²) < 4.78 is 10.6. The summed E-state index contributed by atoms with van der Waals surface area (Å²) in [6.07, 6.45) is 4.19. The maximum Gasteiger partial charge on any atom is 0.321 e. The zero-order valence-electron chi connectivity index (χ0n) is 20.2. The molecule has 1 N–H and O–H groups in total. The number of carbonyl (C=O) groups is 2. The van der Waals surface area contributed by atoms with Crippen LogP contribution in [0.4, 0.5) is 5.69 Å². The highest BCUT2D eigenvalue weighted by atomic mass is 16.5. The largest absolute Gasteiger partial charge is 0.468 e. The Balaban J connectivity index is 1.47. The summed E-state index contributed by atoms with van der Waals surface area (Å²) in [5.74, 6) is 0.216. The molecule has 34 heavy (non-hydrogen) atoms. The standard InChI is InChI=1S/C27H31N3O4/c1-26(2,3)20-12-8-19(9-13-20)23(31)28-21-14-10-18(11-15-21)22-29-24(34-30-22)27(25(32)33-4)16-6-5-7-17-27/h8-15H,5-7,16-17H2,1-4H3,(H,28,31). The molecule has 0 radical (unpaired) electrons. The minimum absolute atomic E-state index is 0.0351. The summed E-state index contributed by atoms with van der Waals surface area (Å²) in [4.78, 5) is 29.8. The average molecular weight is 462 g/mol. The van der Waals surface area contributed by atoms with Crippen molar-refractivity contribution in [2.24, 2.45) is 0 Å². The molecule has 0 atom stereocenters. The molecule has 178 valence electrons. The maximum absolute atomic E-state index is 12.6. The number of hydrogen-bond donors (Lipinski definition) is 1. The van der Waals surface area contributed by atoms with E-state index in [1.54, 1.807) is 12.1 Å². The molecule has 7 nitrogen and oxygen atoms in total. The van der Waals surface area contributed by atoms with E-state index in [-0.39, 0.29) is 17.3 Å². The van der Waals surface area contributed by atoms with Gasteiger partial charge < -0.3 is 14.6 Å². The molecule has 4 rings (SSSR count). The number of anilines is 1. The molecule has 1 amide bonds. The molecule has 1 aromatic heterocycles. The molecule has 0 unspecified atom stereocenters. The van der Waals surface area contributed by atoms with Crippen molar-refractivity contribution in [2.75, 3.05) is 12.4 Å². The number of hydrogen-bond acceptors (Lipinski definition) is 6. The van der Waals surface area contributed by atoms with Gasteiger partial charge in [0, 0.05) is 16.8 Å². The molecule has 0 saturated heterocycles. The highest BCUT2D eigenvalue weighted by Crippen LogP contribution is 2.40. The predicted molar refractivity (Wildman–Crippen MR) is 130 cm³/mol. The zero-order valence-corrected chi connectivity index (χ0v) is 20.2. The van der Waals surface area contributed by atoms with Gasteiger partial charge in [0.05, 0.1) is 7.11 Å². The lowest BCUT2D eigenvalue weighted by Crippen LogP contribution is -2.39. The van der Waals surface area contributed by atoms with Crippen molar-refractivity contribution < 1.29 is 18.8 Å². The fraction of sp³-hybridized carbons (Fsp3) is 0.407. The van der Waals surface area contributed by atoms with Crippen LogP contribution in [0.2, 0.25) is 0 Å². The van der Waals surface area contributed by atoms with E-state index in [2.05, 4.69) is 36.2 Å². The molecule has 0 aliphatic heterocycles. The first-order chi connectivity index (χ1) is 16.2. The fourth-order valence-electron chi connectivity index (χ4n) is 4.42. The Morgan fingerprint density at radius 1 is 0.971 bits per heavy atom. The van der Waals surface area contributed by atoms with Crippen LogP contribution in [0.1, 0.15) is 74.7 Å². The van der Waals surface area contributed by atoms with Gasteiger partial charge in [-0.3, -0.25) is 9.59 Å². The average Bonchev–Trinajstić information content (AvgIpc) is 3.35. The molecule has 1 aliphatic carbocycles. The Bertz CT molecular complexity index is 1150. The number of aromatic nitrogens is 2. The molecule has 7 heteroatoms. The van der Waals surface area contributed by atoms with E-state index in [9.17, 15) is 9.59 Å². The molecule has 3 aromatic rings. The Morgan fingerprint density at radius 2 is 1.62 bits per heavy atom. The van der Waals surface area contributed by atoms with Crippen molar-refractivity contribution >= 4 is 17.6 Å². The fourth-order valence-corrected chi connectivity index (χ4v) is 4.42. The number of carbonyl (C=O) groups excluding carboxylic acids is 2. The monoisotopic (exact) mass is 461 g/mol. The third-order valence-electron chi connectivity index (χ3n) is 6.53. The van der Waals surface area contributed by atoms with Crippen LogP contribution in [0.3, 0.4) is 0 Å². The van der Waals surface area contributed by atoms with Crippen molar-refractivity contribution in [3.8, 4) is 11.4 Å². The van der Waals surface area contributed by atoms with Crippen LogP contribution < -0.4 is 5.32 Å². The summed E-state index contributed by atoms with van der Waals surface area (Å²) >= 11 is 0. The first-order valence-corrected chi connectivity index (χ1v) is 11.7. The van der Waals surface area contributed by atoms with Gasteiger partial charge >= 0.3 is 5.97 Å². The highest BCUT2D eigenvalue weighted by Gasteiger charge is 2.47. The second-order valence-electron chi connectivity index (χ2n) is 9.92. The Hall–Kier alpha value is -3.48. The van der Waals surface area contributed by atoms with Gasteiger partial charge in [0.25, 0.3) is 5.91 Å². The van der Waals surface area contributed by atoms with Crippen LogP contribution in [0, 0.1) is 0 Å². The summed E-state index contributed by atoms with van der Waals surface area (Å²) in [5, 5.41) is 7.02. The highest BCUT2D eigenvalue weighted by molar-refractivity contribution is 6.04. The third-order valence-corrected chi connectivity index (χ3v) is 6.53.